The van der Waals surface area contributed by atoms with Crippen LogP contribution in [0.15, 0.2) is 60.2 Å². The van der Waals surface area contributed by atoms with Crippen LogP contribution in [-0.2, 0) is 12.0 Å². The van der Waals surface area contributed by atoms with Gasteiger partial charge in [-0.25, -0.2) is 0 Å². The third-order valence-corrected chi connectivity index (χ3v) is 9.07. The summed E-state index contributed by atoms with van der Waals surface area (Å²) in [5.74, 6) is 2.95. The van der Waals surface area contributed by atoms with Crippen LogP contribution in [0, 0.1) is 23.7 Å². The second-order valence-corrected chi connectivity index (χ2v) is 10.6. The number of aromatic nitrogens is 1. The Kier molecular flexibility index (Phi) is 7.91. The van der Waals surface area contributed by atoms with Crippen molar-refractivity contribution in [1.29, 1.82) is 0 Å². The van der Waals surface area contributed by atoms with E-state index in [1.54, 1.807) is 11.1 Å². The Morgan fingerprint density at radius 2 is 1.63 bits per heavy atom. The van der Waals surface area contributed by atoms with Gasteiger partial charge in [-0.15, -0.1) is 0 Å². The van der Waals surface area contributed by atoms with E-state index < -0.39 is 0 Å². The molecule has 0 amide bonds. The maximum atomic E-state index is 3.87. The fourth-order valence-corrected chi connectivity index (χ4v) is 7.12. The van der Waals surface area contributed by atoms with Crippen LogP contribution in [0.25, 0.3) is 17.0 Å². The number of benzene rings is 2. The first kappa shape index (κ1) is 25.8. The number of H-pyrrole nitrogens is 1. The molecule has 1 saturated carbocycles. The zero-order chi connectivity index (χ0) is 25.2. The molecule has 1 N–H and O–H groups in total. The summed E-state index contributed by atoms with van der Waals surface area (Å²) in [7, 11) is 0. The molecule has 3 aromatic rings. The zero-order valence-electron chi connectivity index (χ0n) is 23.1. The molecule has 3 aliphatic rings. The Morgan fingerprint density at radius 1 is 0.943 bits per heavy atom. The summed E-state index contributed by atoms with van der Waals surface area (Å²) in [6, 6.07) is 19.8. The Morgan fingerprint density at radius 3 is 2.37 bits per heavy atom. The number of rotatable bonds is 1. The van der Waals surface area contributed by atoms with Gasteiger partial charge in [0.1, 0.15) is 0 Å². The third-order valence-electron chi connectivity index (χ3n) is 9.07. The molecule has 0 spiro atoms. The van der Waals surface area contributed by atoms with Crippen molar-refractivity contribution in [3.8, 4) is 0 Å². The Hall–Kier alpha value is -2.32. The summed E-state index contributed by atoms with van der Waals surface area (Å²) in [6.45, 7) is 17.9. The fourth-order valence-electron chi connectivity index (χ4n) is 7.12. The van der Waals surface area contributed by atoms with Gasteiger partial charge in [0, 0.05) is 29.7 Å². The maximum Gasteiger partial charge on any atom is 0.0589 e. The number of piperidine rings is 1. The molecule has 2 aliphatic heterocycles. The van der Waals surface area contributed by atoms with Crippen molar-refractivity contribution in [2.45, 2.75) is 73.3 Å². The van der Waals surface area contributed by atoms with Crippen molar-refractivity contribution in [3.05, 3.63) is 77.0 Å². The van der Waals surface area contributed by atoms with E-state index in [-0.39, 0.29) is 5.54 Å². The van der Waals surface area contributed by atoms with Crippen LogP contribution in [-0.4, -0.2) is 23.0 Å². The van der Waals surface area contributed by atoms with Gasteiger partial charge in [0.25, 0.3) is 0 Å². The largest absolute Gasteiger partial charge is 0.357 e. The molecule has 2 aromatic carbocycles. The van der Waals surface area contributed by atoms with Gasteiger partial charge in [0.05, 0.1) is 5.54 Å². The maximum absolute atomic E-state index is 3.87. The summed E-state index contributed by atoms with van der Waals surface area (Å²) in [5.41, 5.74) is 7.56. The molecule has 6 rings (SSSR count). The van der Waals surface area contributed by atoms with Gasteiger partial charge in [0.15, 0.2) is 0 Å². The topological polar surface area (TPSA) is 19.0 Å². The number of aromatic amines is 1. The lowest BCUT2D eigenvalue weighted by atomic mass is 9.59. The number of para-hydroxylation sites is 1. The molecule has 2 nitrogen and oxygen atoms in total. The van der Waals surface area contributed by atoms with Crippen molar-refractivity contribution >= 4 is 17.0 Å². The van der Waals surface area contributed by atoms with Gasteiger partial charge in [-0.3, -0.25) is 4.90 Å². The van der Waals surface area contributed by atoms with Gasteiger partial charge in [-0.2, -0.15) is 0 Å². The van der Waals surface area contributed by atoms with Crippen LogP contribution in [0.2, 0.25) is 0 Å². The van der Waals surface area contributed by atoms with Crippen molar-refractivity contribution in [2.24, 2.45) is 23.7 Å². The molecule has 1 aromatic heterocycles. The van der Waals surface area contributed by atoms with Crippen LogP contribution < -0.4 is 0 Å². The molecule has 1 saturated heterocycles. The Balaban J connectivity index is 0.000000689. The van der Waals surface area contributed by atoms with E-state index in [9.17, 15) is 0 Å². The lowest BCUT2D eigenvalue weighted by Gasteiger charge is -2.57. The van der Waals surface area contributed by atoms with E-state index in [4.69, 9.17) is 0 Å². The lowest BCUT2D eigenvalue weighted by molar-refractivity contribution is -0.0486. The second kappa shape index (κ2) is 10.7. The minimum Gasteiger partial charge on any atom is -0.357 e. The summed E-state index contributed by atoms with van der Waals surface area (Å²) in [5, 5.41) is 1.44. The van der Waals surface area contributed by atoms with Gasteiger partial charge in [-0.05, 0) is 67.1 Å². The minimum atomic E-state index is 0.141. The monoisotopic (exact) mass is 470 g/mol. The number of nitrogens with one attached hydrogen (secondary N) is 1. The van der Waals surface area contributed by atoms with Gasteiger partial charge < -0.3 is 4.98 Å². The molecule has 1 aliphatic carbocycles. The van der Waals surface area contributed by atoms with Crippen LogP contribution in [0.4, 0.5) is 0 Å². The highest BCUT2D eigenvalue weighted by molar-refractivity contribution is 5.85. The Labute approximate surface area is 213 Å². The standard InChI is InChI=1S/C29H34N2.2C2H6/c1-19-20(2)26-17-29(3)28-25(24-11-7-8-12-27(24)30-28)13-14-31(29)18-23(26)16-22(19)15-21-9-5-4-6-10-21;2*1-2/h4-12,15,19-20,23,26,30H,13-14,16-18H2,1-3H3;2*1-2H3/b22-15+;;/t19-,20-,23-,26+,29-;;/m0../s1. The number of allylic oxidation sites excluding steroid dienone is 1. The predicted octanol–water partition coefficient (Wildman–Crippen LogP) is 8.69. The molecule has 188 valence electrons. The summed E-state index contributed by atoms with van der Waals surface area (Å²) in [6.07, 6.45) is 6.20. The van der Waals surface area contributed by atoms with E-state index in [0.717, 1.165) is 17.8 Å². The van der Waals surface area contributed by atoms with E-state index >= 15 is 0 Å². The lowest BCUT2D eigenvalue weighted by Crippen LogP contribution is -2.58. The van der Waals surface area contributed by atoms with Gasteiger partial charge >= 0.3 is 0 Å². The highest BCUT2D eigenvalue weighted by Crippen LogP contribution is 2.54. The number of nitrogens with zero attached hydrogens (tertiary/aromatic N) is 1. The number of fused-ring (bicyclic) bond motifs is 6. The molecule has 0 unspecified atom stereocenters. The number of hydrogen-bond donors (Lipinski definition) is 1. The first-order valence-corrected chi connectivity index (χ1v) is 14.2. The van der Waals surface area contributed by atoms with Crippen LogP contribution in [0.3, 0.4) is 0 Å². The number of hydrogen-bond acceptors (Lipinski definition) is 1. The van der Waals surface area contributed by atoms with E-state index in [2.05, 4.69) is 91.3 Å². The molecule has 0 radical (unpaired) electrons. The first-order chi connectivity index (χ1) is 17.0. The summed E-state index contributed by atoms with van der Waals surface area (Å²) < 4.78 is 0. The molecular formula is C33H46N2. The molecular weight excluding hydrogens is 424 g/mol. The second-order valence-electron chi connectivity index (χ2n) is 10.6. The van der Waals surface area contributed by atoms with E-state index in [0.29, 0.717) is 5.92 Å². The van der Waals surface area contributed by atoms with Crippen molar-refractivity contribution in [2.75, 3.05) is 13.1 Å². The summed E-state index contributed by atoms with van der Waals surface area (Å²) in [4.78, 5) is 6.68. The van der Waals surface area contributed by atoms with Crippen molar-refractivity contribution in [1.82, 2.24) is 9.88 Å². The average molecular weight is 471 g/mol. The quantitative estimate of drug-likeness (QED) is 0.377. The normalized spacial score (nSPS) is 30.8. The predicted molar refractivity (Wildman–Crippen MR) is 153 cm³/mol. The van der Waals surface area contributed by atoms with Gasteiger partial charge in [0.2, 0.25) is 0 Å². The highest BCUT2D eigenvalue weighted by atomic mass is 15.2. The van der Waals surface area contributed by atoms with Crippen LogP contribution in [0.1, 0.15) is 78.1 Å². The molecule has 2 heteroatoms. The van der Waals surface area contributed by atoms with Gasteiger partial charge in [-0.1, -0.05) is 102 Å². The molecule has 5 atom stereocenters. The molecule has 35 heavy (non-hydrogen) atoms. The minimum absolute atomic E-state index is 0.141. The highest BCUT2D eigenvalue weighted by Gasteiger charge is 2.51. The fraction of sp³-hybridized carbons (Fsp3) is 0.515. The van der Waals surface area contributed by atoms with Crippen molar-refractivity contribution in [3.63, 3.8) is 0 Å². The smallest absolute Gasteiger partial charge is 0.0589 e. The molecule has 3 heterocycles. The average Bonchev–Trinajstić information content (AvgIpc) is 3.30. The summed E-state index contributed by atoms with van der Waals surface area (Å²) >= 11 is 0. The molecule has 2 fully saturated rings. The SMILES string of the molecule is CC.CC.C[C@@H]1[C@H]2C[C@@]3(C)c4[nH]c5ccccc5c4CCN3C[C@@H]2C/C(=C\c2ccccc2)[C@H]1C. The Bertz CT molecular complexity index is 1140. The van der Waals surface area contributed by atoms with Crippen LogP contribution in [0.5, 0.6) is 0 Å². The first-order valence-electron chi connectivity index (χ1n) is 14.2. The van der Waals surface area contributed by atoms with Crippen molar-refractivity contribution < 1.29 is 0 Å². The van der Waals surface area contributed by atoms with Crippen LogP contribution >= 0.6 is 0 Å². The zero-order valence-corrected chi connectivity index (χ0v) is 23.1. The van der Waals surface area contributed by atoms with E-state index in [1.807, 2.05) is 27.7 Å². The molecule has 0 bridgehead atoms. The third kappa shape index (κ3) is 4.51. The van der Waals surface area contributed by atoms with E-state index in [1.165, 1.54) is 54.5 Å².